The van der Waals surface area contributed by atoms with Crippen LogP contribution in [0.2, 0.25) is 16.6 Å². The van der Waals surface area contributed by atoms with E-state index < -0.39 is 26.6 Å². The van der Waals surface area contributed by atoms with E-state index in [4.69, 9.17) is 4.74 Å². The van der Waals surface area contributed by atoms with Crippen LogP contribution in [0.5, 0.6) is 0 Å². The summed E-state index contributed by atoms with van der Waals surface area (Å²) in [6.07, 6.45) is -5.90. The van der Waals surface area contributed by atoms with Gasteiger partial charge in [0.05, 0.1) is 6.10 Å². The van der Waals surface area contributed by atoms with Gasteiger partial charge in [-0.3, -0.25) is 4.90 Å². The predicted molar refractivity (Wildman–Crippen MR) is 133 cm³/mol. The number of benzene rings is 1. The van der Waals surface area contributed by atoms with Gasteiger partial charge in [0.1, 0.15) is 8.07 Å². The molecule has 1 aliphatic heterocycles. The summed E-state index contributed by atoms with van der Waals surface area (Å²) in [5, 5.41) is 0. The highest BCUT2D eigenvalue weighted by atomic mass is 28.3. The van der Waals surface area contributed by atoms with Gasteiger partial charge in [-0.25, -0.2) is 0 Å². The second kappa shape index (κ2) is 11.4. The van der Waals surface area contributed by atoms with Crippen molar-refractivity contribution in [3.63, 3.8) is 0 Å². The maximum Gasteiger partial charge on any atom is 0.428 e. The number of alkyl halides is 3. The van der Waals surface area contributed by atoms with Crippen molar-refractivity contribution in [3.05, 3.63) is 35.9 Å². The molecule has 1 heterocycles. The molecule has 3 atom stereocenters. The molecule has 1 saturated heterocycles. The quantitative estimate of drug-likeness (QED) is 0.277. The highest BCUT2D eigenvalue weighted by molar-refractivity contribution is 6.90. The van der Waals surface area contributed by atoms with Crippen LogP contribution in [0.3, 0.4) is 0 Å². The van der Waals surface area contributed by atoms with Crippen LogP contribution < -0.4 is 0 Å². The van der Waals surface area contributed by atoms with E-state index in [2.05, 4.69) is 66.9 Å². The molecule has 0 N–H and O–H groups in total. The summed E-state index contributed by atoms with van der Waals surface area (Å²) in [4.78, 5) is 1.51. The van der Waals surface area contributed by atoms with E-state index in [0.717, 1.165) is 5.56 Å². The largest absolute Gasteiger partial charge is 0.428 e. The first-order valence-corrected chi connectivity index (χ1v) is 14.6. The monoisotopic (exact) mass is 481 g/mol. The van der Waals surface area contributed by atoms with Gasteiger partial charge < -0.3 is 4.74 Å². The number of hydrogen-bond donors (Lipinski definition) is 0. The number of nitrogens with zero attached hydrogens (tertiary/aromatic N) is 1. The molecule has 0 amide bonds. The molecule has 0 unspecified atom stereocenters. The Hall–Kier alpha value is -1.29. The standard InChI is InChI=1S/C27H42F3NOSi/c1-19(2)17-24-25(15-12-16-33(20(3)4,21(5)6)22(7)8)32-26(27(28,29)30)31(24)18-23-13-10-9-11-14-23/h9-11,13-14,19-22,24-26H,15,17-18H2,1-8H3/t24-,25-,26-/m1/s1. The van der Waals surface area contributed by atoms with E-state index in [-0.39, 0.29) is 18.5 Å². The van der Waals surface area contributed by atoms with Crippen molar-refractivity contribution in [2.45, 2.75) is 116 Å². The van der Waals surface area contributed by atoms with Gasteiger partial charge in [-0.2, -0.15) is 13.2 Å². The Balaban J connectivity index is 2.38. The lowest BCUT2D eigenvalue weighted by molar-refractivity contribution is -0.247. The van der Waals surface area contributed by atoms with Crippen molar-refractivity contribution in [2.24, 2.45) is 5.92 Å². The lowest BCUT2D eigenvalue weighted by Crippen LogP contribution is -2.45. The average molecular weight is 482 g/mol. The van der Waals surface area contributed by atoms with Crippen LogP contribution >= 0.6 is 0 Å². The summed E-state index contributed by atoms with van der Waals surface area (Å²) in [5.41, 5.74) is 5.98. The number of hydrogen-bond acceptors (Lipinski definition) is 2. The molecule has 2 nitrogen and oxygen atoms in total. The first kappa shape index (κ1) is 27.9. The summed E-state index contributed by atoms with van der Waals surface area (Å²) in [5.74, 6) is 3.62. The maximum atomic E-state index is 14.0. The molecule has 33 heavy (non-hydrogen) atoms. The molecule has 186 valence electrons. The van der Waals surface area contributed by atoms with Gasteiger partial charge in [0.2, 0.25) is 6.23 Å². The fourth-order valence-electron chi connectivity index (χ4n) is 5.67. The minimum Gasteiger partial charge on any atom is -0.348 e. The molecule has 6 heteroatoms. The van der Waals surface area contributed by atoms with Gasteiger partial charge in [-0.1, -0.05) is 85.7 Å². The third kappa shape index (κ3) is 6.65. The fourth-order valence-corrected chi connectivity index (χ4v) is 10.9. The van der Waals surface area contributed by atoms with Crippen molar-refractivity contribution in [1.29, 1.82) is 0 Å². The minimum absolute atomic E-state index is 0.217. The molecule has 0 radical (unpaired) electrons. The molecule has 0 saturated carbocycles. The minimum atomic E-state index is -4.45. The van der Waals surface area contributed by atoms with Crippen LogP contribution in [0.25, 0.3) is 0 Å². The lowest BCUT2D eigenvalue weighted by Gasteiger charge is -2.38. The van der Waals surface area contributed by atoms with E-state index in [1.54, 1.807) is 0 Å². The van der Waals surface area contributed by atoms with Gasteiger partial charge in [-0.15, -0.1) is 11.5 Å². The van der Waals surface area contributed by atoms with Crippen LogP contribution in [0.4, 0.5) is 13.2 Å². The van der Waals surface area contributed by atoms with Crippen molar-refractivity contribution >= 4 is 8.07 Å². The fraction of sp³-hybridized carbons (Fsp3) is 0.704. The van der Waals surface area contributed by atoms with Crippen LogP contribution in [0.1, 0.15) is 73.8 Å². The Labute approximate surface area is 200 Å². The van der Waals surface area contributed by atoms with Crippen molar-refractivity contribution < 1.29 is 17.9 Å². The van der Waals surface area contributed by atoms with E-state index in [0.29, 0.717) is 29.5 Å². The Kier molecular flexibility index (Phi) is 9.67. The lowest BCUT2D eigenvalue weighted by atomic mass is 9.96. The summed E-state index contributed by atoms with van der Waals surface area (Å²) in [6, 6.07) is 9.04. The first-order chi connectivity index (χ1) is 15.3. The average Bonchev–Trinajstić information content (AvgIpc) is 3.02. The van der Waals surface area contributed by atoms with E-state index in [1.807, 2.05) is 30.3 Å². The molecule has 1 fully saturated rings. The molecule has 0 bridgehead atoms. The van der Waals surface area contributed by atoms with Crippen LogP contribution in [-0.4, -0.2) is 37.5 Å². The third-order valence-corrected chi connectivity index (χ3v) is 13.5. The molecule has 1 aliphatic rings. The van der Waals surface area contributed by atoms with Crippen LogP contribution in [0, 0.1) is 17.4 Å². The van der Waals surface area contributed by atoms with Gasteiger partial charge in [0.15, 0.2) is 0 Å². The zero-order valence-electron chi connectivity index (χ0n) is 21.5. The molecular formula is C27H42F3NOSi. The second-order valence-corrected chi connectivity index (χ2v) is 16.4. The number of halogens is 3. The van der Waals surface area contributed by atoms with Crippen LogP contribution in [0.15, 0.2) is 30.3 Å². The highest BCUT2D eigenvalue weighted by Crippen LogP contribution is 2.42. The Morgan fingerprint density at radius 2 is 1.48 bits per heavy atom. The van der Waals surface area contributed by atoms with Crippen molar-refractivity contribution in [1.82, 2.24) is 4.90 Å². The summed E-state index contributed by atoms with van der Waals surface area (Å²) < 4.78 is 47.8. The van der Waals surface area contributed by atoms with Gasteiger partial charge in [-0.05, 0) is 34.5 Å². The molecule has 1 aromatic rings. The molecular weight excluding hydrogens is 439 g/mol. The van der Waals surface area contributed by atoms with Gasteiger partial charge in [0, 0.05) is 19.0 Å². The molecule has 2 rings (SSSR count). The van der Waals surface area contributed by atoms with Gasteiger partial charge in [0.25, 0.3) is 0 Å². The van der Waals surface area contributed by atoms with E-state index >= 15 is 0 Å². The maximum absolute atomic E-state index is 14.0. The van der Waals surface area contributed by atoms with Gasteiger partial charge >= 0.3 is 6.18 Å². The second-order valence-electron chi connectivity index (χ2n) is 10.8. The number of rotatable bonds is 8. The zero-order chi connectivity index (χ0) is 25.0. The van der Waals surface area contributed by atoms with E-state index in [9.17, 15) is 13.2 Å². The highest BCUT2D eigenvalue weighted by Gasteiger charge is 2.54. The Bertz CT molecular complexity index is 773. The van der Waals surface area contributed by atoms with E-state index in [1.165, 1.54) is 4.90 Å². The van der Waals surface area contributed by atoms with Crippen LogP contribution in [-0.2, 0) is 11.3 Å². The Morgan fingerprint density at radius 3 is 1.94 bits per heavy atom. The summed E-state index contributed by atoms with van der Waals surface area (Å²) in [7, 11) is -1.94. The molecule has 0 spiro atoms. The van der Waals surface area contributed by atoms with Crippen molar-refractivity contribution in [3.8, 4) is 11.5 Å². The zero-order valence-corrected chi connectivity index (χ0v) is 22.5. The molecule has 0 aromatic heterocycles. The predicted octanol–water partition coefficient (Wildman–Crippen LogP) is 7.80. The normalized spacial score (nSPS) is 22.5. The Morgan fingerprint density at radius 1 is 0.939 bits per heavy atom. The summed E-state index contributed by atoms with van der Waals surface area (Å²) >= 11 is 0. The molecule has 0 aliphatic carbocycles. The first-order valence-electron chi connectivity index (χ1n) is 12.3. The third-order valence-electron chi connectivity index (χ3n) is 7.14. The summed E-state index contributed by atoms with van der Waals surface area (Å²) in [6.45, 7) is 17.8. The van der Waals surface area contributed by atoms with Crippen molar-refractivity contribution in [2.75, 3.05) is 0 Å². The number of ether oxygens (including phenoxy) is 1. The smallest absolute Gasteiger partial charge is 0.348 e. The SMILES string of the molecule is CC(C)C[C@@H]1[C@@H](CC#C[Si](C(C)C)(C(C)C)C(C)C)O[C@H](C(F)(F)F)N1Cc1ccccc1. The topological polar surface area (TPSA) is 12.5 Å². The molecule has 1 aromatic carbocycles.